The number of aliphatic hydroxyl groups excluding tert-OH is 1. The van der Waals surface area contributed by atoms with Gasteiger partial charge in [-0.1, -0.05) is 37.3 Å². The third-order valence-electron chi connectivity index (χ3n) is 6.70. The standard InChI is InChI=1S/C24H33ClN4O3.H2S/c25-19-6-7-20-18(5-8-21(28-20)29-13-9-17(15-29)26-12-14-30)22(19)23(31)27-16-24(32)10-3-1-2-4-11-24;/h5-8,17,26,30,32H,1-4,9-16H2,(H,27,31);1H2/t17-;/m0./s1. The van der Waals surface area contributed by atoms with Crippen LogP contribution in [0.2, 0.25) is 5.02 Å². The number of anilines is 1. The molecule has 1 aliphatic heterocycles. The molecule has 0 radical (unpaired) electrons. The molecule has 1 aromatic heterocycles. The summed E-state index contributed by atoms with van der Waals surface area (Å²) in [6, 6.07) is 7.73. The van der Waals surface area contributed by atoms with Crippen LogP contribution < -0.4 is 15.5 Å². The number of amides is 1. The van der Waals surface area contributed by atoms with Crippen molar-refractivity contribution in [2.75, 3.05) is 37.7 Å². The van der Waals surface area contributed by atoms with Gasteiger partial charge in [0.15, 0.2) is 0 Å². The second kappa shape index (κ2) is 11.7. The molecule has 9 heteroatoms. The van der Waals surface area contributed by atoms with Gasteiger partial charge in [0.2, 0.25) is 0 Å². The topological polar surface area (TPSA) is 97.7 Å². The lowest BCUT2D eigenvalue weighted by molar-refractivity contribution is 0.0247. The zero-order chi connectivity index (χ0) is 22.6. The minimum absolute atomic E-state index is 0. The van der Waals surface area contributed by atoms with Gasteiger partial charge in [-0.3, -0.25) is 4.79 Å². The lowest BCUT2D eigenvalue weighted by Crippen LogP contribution is -2.42. The highest BCUT2D eigenvalue weighted by Gasteiger charge is 2.29. The lowest BCUT2D eigenvalue weighted by Gasteiger charge is -2.27. The van der Waals surface area contributed by atoms with Crippen LogP contribution in [0.15, 0.2) is 24.3 Å². The Morgan fingerprint density at radius 2 is 1.94 bits per heavy atom. The predicted molar refractivity (Wildman–Crippen MR) is 138 cm³/mol. The first-order valence-corrected chi connectivity index (χ1v) is 12.1. The summed E-state index contributed by atoms with van der Waals surface area (Å²) in [6.45, 7) is 2.68. The van der Waals surface area contributed by atoms with Crippen LogP contribution in [0.4, 0.5) is 5.82 Å². The number of hydrogen-bond acceptors (Lipinski definition) is 6. The maximum atomic E-state index is 13.1. The Morgan fingerprint density at radius 3 is 2.67 bits per heavy atom. The molecule has 1 aromatic carbocycles. The molecule has 0 unspecified atom stereocenters. The number of rotatable bonds is 7. The molecule has 7 nitrogen and oxygen atoms in total. The van der Waals surface area contributed by atoms with Gasteiger partial charge in [0.25, 0.3) is 5.91 Å². The number of fused-ring (bicyclic) bond motifs is 1. The zero-order valence-electron chi connectivity index (χ0n) is 18.9. The zero-order valence-corrected chi connectivity index (χ0v) is 20.7. The number of hydrogen-bond donors (Lipinski definition) is 4. The van der Waals surface area contributed by atoms with Crippen molar-refractivity contribution in [1.82, 2.24) is 15.6 Å². The molecule has 2 fully saturated rings. The summed E-state index contributed by atoms with van der Waals surface area (Å²) in [5.74, 6) is 0.592. The average Bonchev–Trinajstić information content (AvgIpc) is 3.16. The Labute approximate surface area is 207 Å². The van der Waals surface area contributed by atoms with Crippen molar-refractivity contribution >= 4 is 47.7 Å². The van der Waals surface area contributed by atoms with Gasteiger partial charge in [0, 0.05) is 37.6 Å². The van der Waals surface area contributed by atoms with E-state index >= 15 is 0 Å². The molecule has 182 valence electrons. The maximum Gasteiger partial charge on any atom is 0.253 e. The Bertz CT molecular complexity index is 953. The van der Waals surface area contributed by atoms with Crippen LogP contribution in [-0.4, -0.2) is 65.5 Å². The summed E-state index contributed by atoms with van der Waals surface area (Å²) in [4.78, 5) is 20.1. The number of carbonyl (C=O) groups is 1. The van der Waals surface area contributed by atoms with E-state index < -0.39 is 5.60 Å². The molecule has 1 saturated heterocycles. The van der Waals surface area contributed by atoms with Crippen molar-refractivity contribution < 1.29 is 15.0 Å². The molecular formula is C24H35ClN4O3S. The number of aromatic nitrogens is 1. The lowest BCUT2D eigenvalue weighted by atomic mass is 9.94. The average molecular weight is 495 g/mol. The Hall–Kier alpha value is -1.58. The molecule has 0 spiro atoms. The van der Waals surface area contributed by atoms with Crippen LogP contribution in [0.25, 0.3) is 10.9 Å². The molecule has 33 heavy (non-hydrogen) atoms. The van der Waals surface area contributed by atoms with Crippen LogP contribution in [0.1, 0.15) is 55.3 Å². The number of halogens is 1. The van der Waals surface area contributed by atoms with E-state index in [-0.39, 0.29) is 32.6 Å². The number of benzene rings is 1. The highest BCUT2D eigenvalue weighted by Crippen LogP contribution is 2.30. The molecule has 0 bridgehead atoms. The van der Waals surface area contributed by atoms with E-state index in [4.69, 9.17) is 21.7 Å². The van der Waals surface area contributed by atoms with E-state index in [1.807, 2.05) is 18.2 Å². The maximum absolute atomic E-state index is 13.1. The van der Waals surface area contributed by atoms with Crippen LogP contribution in [0.3, 0.4) is 0 Å². The summed E-state index contributed by atoms with van der Waals surface area (Å²) in [5, 5.41) is 27.2. The normalized spacial score (nSPS) is 20.3. The van der Waals surface area contributed by atoms with Crippen LogP contribution >= 0.6 is 25.1 Å². The van der Waals surface area contributed by atoms with Crippen LogP contribution in [0, 0.1) is 0 Å². The molecule has 2 aliphatic rings. The van der Waals surface area contributed by atoms with Gasteiger partial charge < -0.3 is 25.7 Å². The van der Waals surface area contributed by atoms with Crippen LogP contribution in [-0.2, 0) is 0 Å². The third-order valence-corrected chi connectivity index (χ3v) is 7.02. The monoisotopic (exact) mass is 494 g/mol. The fraction of sp³-hybridized carbons (Fsp3) is 0.583. The fourth-order valence-electron chi connectivity index (χ4n) is 4.87. The summed E-state index contributed by atoms with van der Waals surface area (Å²) in [7, 11) is 0. The van der Waals surface area contributed by atoms with Crippen molar-refractivity contribution in [2.45, 2.75) is 56.6 Å². The van der Waals surface area contributed by atoms with Gasteiger partial charge in [-0.05, 0) is 43.5 Å². The van der Waals surface area contributed by atoms with Crippen molar-refractivity contribution in [3.8, 4) is 0 Å². The number of pyridine rings is 1. The second-order valence-electron chi connectivity index (χ2n) is 9.09. The number of nitrogens with zero attached hydrogens (tertiary/aromatic N) is 2. The number of aliphatic hydroxyl groups is 2. The third kappa shape index (κ3) is 6.31. The minimum atomic E-state index is -0.842. The van der Waals surface area contributed by atoms with Crippen molar-refractivity contribution in [1.29, 1.82) is 0 Å². The van der Waals surface area contributed by atoms with Crippen molar-refractivity contribution in [3.05, 3.63) is 34.9 Å². The van der Waals surface area contributed by atoms with Gasteiger partial charge in [0.05, 0.1) is 28.3 Å². The molecule has 1 amide bonds. The van der Waals surface area contributed by atoms with Gasteiger partial charge in [0.1, 0.15) is 5.82 Å². The first-order chi connectivity index (χ1) is 15.5. The summed E-state index contributed by atoms with van der Waals surface area (Å²) < 4.78 is 0. The van der Waals surface area contributed by atoms with Crippen molar-refractivity contribution in [3.63, 3.8) is 0 Å². The highest BCUT2D eigenvalue weighted by molar-refractivity contribution is 7.59. The quantitative estimate of drug-likeness (QED) is 0.442. The van der Waals surface area contributed by atoms with E-state index in [9.17, 15) is 9.90 Å². The van der Waals surface area contributed by atoms with E-state index in [1.54, 1.807) is 6.07 Å². The van der Waals surface area contributed by atoms with E-state index in [2.05, 4.69) is 15.5 Å². The molecule has 4 N–H and O–H groups in total. The Kier molecular flexibility index (Phi) is 9.24. The SMILES string of the molecule is O=C(NCC1(O)CCCCCC1)c1c(Cl)ccc2nc(N3CC[C@H](NCCO)C3)ccc12.S. The van der Waals surface area contributed by atoms with Crippen LogP contribution in [0.5, 0.6) is 0 Å². The molecule has 1 saturated carbocycles. The molecule has 2 aromatic rings. The largest absolute Gasteiger partial charge is 0.395 e. The molecule has 2 heterocycles. The summed E-state index contributed by atoms with van der Waals surface area (Å²) in [6.07, 6.45) is 6.67. The fourth-order valence-corrected chi connectivity index (χ4v) is 5.12. The molecule has 1 atom stereocenters. The van der Waals surface area contributed by atoms with Gasteiger partial charge >= 0.3 is 0 Å². The van der Waals surface area contributed by atoms with E-state index in [1.165, 1.54) is 0 Å². The highest BCUT2D eigenvalue weighted by atomic mass is 35.5. The molecule has 1 aliphatic carbocycles. The molecular weight excluding hydrogens is 460 g/mol. The number of nitrogens with one attached hydrogen (secondary N) is 2. The smallest absolute Gasteiger partial charge is 0.253 e. The first-order valence-electron chi connectivity index (χ1n) is 11.7. The van der Waals surface area contributed by atoms with E-state index in [0.29, 0.717) is 41.4 Å². The van der Waals surface area contributed by atoms with Gasteiger partial charge in [-0.25, -0.2) is 4.98 Å². The summed E-state index contributed by atoms with van der Waals surface area (Å²) >= 11 is 6.42. The first kappa shape index (κ1) is 26.0. The van der Waals surface area contributed by atoms with E-state index in [0.717, 1.165) is 56.5 Å². The van der Waals surface area contributed by atoms with Crippen molar-refractivity contribution in [2.24, 2.45) is 0 Å². The minimum Gasteiger partial charge on any atom is -0.395 e. The second-order valence-corrected chi connectivity index (χ2v) is 9.50. The Morgan fingerprint density at radius 1 is 1.18 bits per heavy atom. The van der Waals surface area contributed by atoms with Gasteiger partial charge in [-0.15, -0.1) is 0 Å². The van der Waals surface area contributed by atoms with Gasteiger partial charge in [-0.2, -0.15) is 13.5 Å². The molecule has 4 rings (SSSR count). The Balaban J connectivity index is 0.00000306. The summed E-state index contributed by atoms with van der Waals surface area (Å²) in [5.41, 5.74) is 0.284. The number of carbonyl (C=O) groups excluding carboxylic acids is 1. The predicted octanol–water partition coefficient (Wildman–Crippen LogP) is 2.98.